The number of rotatable bonds is 4. The lowest BCUT2D eigenvalue weighted by Gasteiger charge is -2.16. The Hall–Kier alpha value is -3.12. The molecule has 2 aromatic carbocycles. The Morgan fingerprint density at radius 1 is 1.19 bits per heavy atom. The first-order chi connectivity index (χ1) is 12.5. The maximum atomic E-state index is 11.2. The fourth-order valence-electron chi connectivity index (χ4n) is 2.72. The lowest BCUT2D eigenvalue weighted by Crippen LogP contribution is -2.21. The number of anilines is 1. The molecule has 7 heteroatoms. The average molecular weight is 369 g/mol. The Balaban J connectivity index is 2.34. The van der Waals surface area contributed by atoms with Crippen molar-refractivity contribution in [1.29, 1.82) is 0 Å². The van der Waals surface area contributed by atoms with Crippen LogP contribution in [0.5, 0.6) is 5.75 Å². The molecule has 0 aliphatic heterocycles. The number of nitrogens with zero attached hydrogens (tertiary/aromatic N) is 2. The van der Waals surface area contributed by atoms with Crippen LogP contribution in [0.25, 0.3) is 22.4 Å². The second kappa shape index (κ2) is 7.41. The quantitative estimate of drug-likeness (QED) is 0.641. The summed E-state index contributed by atoms with van der Waals surface area (Å²) in [6.45, 7) is 1.94. The number of phenolic OH excluding ortho intramolecular Hbond substituents is 1. The van der Waals surface area contributed by atoms with E-state index in [1.54, 1.807) is 12.1 Å². The van der Waals surface area contributed by atoms with Gasteiger partial charge in [0, 0.05) is 21.7 Å². The van der Waals surface area contributed by atoms with Gasteiger partial charge in [0.15, 0.2) is 0 Å². The van der Waals surface area contributed by atoms with Crippen LogP contribution < -0.4 is 11.1 Å². The van der Waals surface area contributed by atoms with Crippen molar-refractivity contribution in [2.24, 2.45) is 5.73 Å². The predicted octanol–water partition coefficient (Wildman–Crippen LogP) is 4.22. The minimum Gasteiger partial charge on any atom is -0.508 e. The van der Waals surface area contributed by atoms with Gasteiger partial charge in [0.2, 0.25) is 5.95 Å². The van der Waals surface area contributed by atoms with Crippen molar-refractivity contribution in [2.45, 2.75) is 13.3 Å². The van der Waals surface area contributed by atoms with Crippen LogP contribution in [0.15, 0.2) is 48.5 Å². The number of urea groups is 1. The van der Waals surface area contributed by atoms with Gasteiger partial charge in [-0.2, -0.15) is 0 Å². The maximum absolute atomic E-state index is 11.2. The fourth-order valence-corrected chi connectivity index (χ4v) is 2.93. The minimum absolute atomic E-state index is 0.0878. The molecule has 6 nitrogen and oxygen atoms in total. The molecular weight excluding hydrogens is 352 g/mol. The Bertz CT molecular complexity index is 961. The molecule has 4 N–H and O–H groups in total. The number of carbonyl (C=O) groups is 1. The number of hydrogen-bond acceptors (Lipinski definition) is 4. The first-order valence-electron chi connectivity index (χ1n) is 8.01. The summed E-state index contributed by atoms with van der Waals surface area (Å²) in [6, 6.07) is 13.4. The van der Waals surface area contributed by atoms with Crippen LogP contribution in [0, 0.1) is 0 Å². The number of phenols is 1. The van der Waals surface area contributed by atoms with E-state index in [4.69, 9.17) is 17.3 Å². The molecular formula is C19H17ClN4O2. The summed E-state index contributed by atoms with van der Waals surface area (Å²) in [5, 5.41) is 12.8. The molecule has 0 radical (unpaired) electrons. The van der Waals surface area contributed by atoms with E-state index in [1.807, 2.05) is 37.3 Å². The highest BCUT2D eigenvalue weighted by atomic mass is 35.5. The standard InChI is InChI=1S/C19H17ClN4O2/c1-2-15-16(13-10-12(25)8-9-14(13)20)17(11-6-4-3-5-7-11)23-19(22-15)24-18(21)26/h3-10,25H,2H2,1H3,(H3,21,22,23,24,26). The zero-order valence-electron chi connectivity index (χ0n) is 14.0. The van der Waals surface area contributed by atoms with E-state index >= 15 is 0 Å². The van der Waals surface area contributed by atoms with Crippen molar-refractivity contribution >= 4 is 23.6 Å². The summed E-state index contributed by atoms with van der Waals surface area (Å²) in [7, 11) is 0. The predicted molar refractivity (Wildman–Crippen MR) is 102 cm³/mol. The molecule has 0 aliphatic rings. The van der Waals surface area contributed by atoms with Gasteiger partial charge in [-0.15, -0.1) is 0 Å². The maximum Gasteiger partial charge on any atom is 0.319 e. The van der Waals surface area contributed by atoms with E-state index in [2.05, 4.69) is 15.3 Å². The van der Waals surface area contributed by atoms with Gasteiger partial charge in [-0.05, 0) is 24.6 Å². The number of aromatic nitrogens is 2. The van der Waals surface area contributed by atoms with Crippen LogP contribution in [-0.4, -0.2) is 21.1 Å². The summed E-state index contributed by atoms with van der Waals surface area (Å²) in [5.41, 5.74) is 8.63. The van der Waals surface area contributed by atoms with E-state index in [9.17, 15) is 9.90 Å². The number of nitrogens with one attached hydrogen (secondary N) is 1. The highest BCUT2D eigenvalue weighted by Gasteiger charge is 2.19. The molecule has 3 rings (SSSR count). The number of hydrogen-bond donors (Lipinski definition) is 3. The second-order valence-corrected chi connectivity index (χ2v) is 6.00. The van der Waals surface area contributed by atoms with E-state index in [0.717, 1.165) is 5.56 Å². The van der Waals surface area contributed by atoms with Crippen LogP contribution in [0.1, 0.15) is 12.6 Å². The van der Waals surface area contributed by atoms with Crippen LogP contribution >= 0.6 is 11.6 Å². The van der Waals surface area contributed by atoms with Crippen molar-refractivity contribution < 1.29 is 9.90 Å². The normalized spacial score (nSPS) is 10.5. The monoisotopic (exact) mass is 368 g/mol. The first kappa shape index (κ1) is 17.7. The summed E-state index contributed by atoms with van der Waals surface area (Å²) < 4.78 is 0. The van der Waals surface area contributed by atoms with Gasteiger partial charge in [-0.1, -0.05) is 48.9 Å². The molecule has 0 fully saturated rings. The van der Waals surface area contributed by atoms with E-state index in [-0.39, 0.29) is 11.7 Å². The molecule has 0 bridgehead atoms. The molecule has 3 aromatic rings. The average Bonchev–Trinajstić information content (AvgIpc) is 2.63. The van der Waals surface area contributed by atoms with Crippen molar-refractivity contribution in [3.63, 3.8) is 0 Å². The molecule has 2 amide bonds. The molecule has 132 valence electrons. The summed E-state index contributed by atoms with van der Waals surface area (Å²) in [6.07, 6.45) is 0.567. The number of benzene rings is 2. The third kappa shape index (κ3) is 3.60. The van der Waals surface area contributed by atoms with Crippen LogP contribution in [0.3, 0.4) is 0 Å². The Morgan fingerprint density at radius 2 is 1.92 bits per heavy atom. The van der Waals surface area contributed by atoms with Crippen molar-refractivity contribution in [2.75, 3.05) is 5.32 Å². The third-order valence-electron chi connectivity index (χ3n) is 3.82. The fraction of sp³-hybridized carbons (Fsp3) is 0.105. The third-order valence-corrected chi connectivity index (χ3v) is 4.15. The van der Waals surface area contributed by atoms with Gasteiger partial charge in [0.1, 0.15) is 5.75 Å². The molecule has 0 aliphatic carbocycles. The summed E-state index contributed by atoms with van der Waals surface area (Å²) in [4.78, 5) is 20.1. The molecule has 1 heterocycles. The SMILES string of the molecule is CCc1nc(NC(N)=O)nc(-c2ccccc2)c1-c1cc(O)ccc1Cl. The van der Waals surface area contributed by atoms with Gasteiger partial charge < -0.3 is 10.8 Å². The molecule has 0 saturated heterocycles. The highest BCUT2D eigenvalue weighted by Crippen LogP contribution is 2.39. The molecule has 0 atom stereocenters. The topological polar surface area (TPSA) is 101 Å². The summed E-state index contributed by atoms with van der Waals surface area (Å²) in [5.74, 6) is 0.207. The zero-order valence-corrected chi connectivity index (χ0v) is 14.8. The van der Waals surface area contributed by atoms with Gasteiger partial charge in [0.05, 0.1) is 11.4 Å². The largest absolute Gasteiger partial charge is 0.508 e. The second-order valence-electron chi connectivity index (χ2n) is 5.59. The van der Waals surface area contributed by atoms with Gasteiger partial charge in [0.25, 0.3) is 0 Å². The highest BCUT2D eigenvalue weighted by molar-refractivity contribution is 6.33. The Kier molecular flexibility index (Phi) is 5.04. The van der Waals surface area contributed by atoms with Crippen LogP contribution in [-0.2, 0) is 6.42 Å². The first-order valence-corrected chi connectivity index (χ1v) is 8.39. The number of carbonyl (C=O) groups excluding carboxylic acids is 1. The molecule has 0 saturated carbocycles. The molecule has 1 aromatic heterocycles. The lowest BCUT2D eigenvalue weighted by atomic mass is 9.96. The number of aromatic hydroxyl groups is 1. The van der Waals surface area contributed by atoms with Crippen molar-refractivity contribution in [3.05, 3.63) is 59.2 Å². The smallest absolute Gasteiger partial charge is 0.319 e. The van der Waals surface area contributed by atoms with E-state index in [1.165, 1.54) is 6.07 Å². The molecule has 0 spiro atoms. The van der Waals surface area contributed by atoms with Crippen LogP contribution in [0.2, 0.25) is 5.02 Å². The number of nitrogens with two attached hydrogens (primary N) is 1. The Morgan fingerprint density at radius 3 is 2.58 bits per heavy atom. The van der Waals surface area contributed by atoms with E-state index in [0.29, 0.717) is 34.0 Å². The van der Waals surface area contributed by atoms with Gasteiger partial charge in [-0.3, -0.25) is 5.32 Å². The number of halogens is 1. The molecule has 0 unspecified atom stereocenters. The number of primary amides is 1. The van der Waals surface area contributed by atoms with Crippen molar-refractivity contribution in [3.8, 4) is 28.1 Å². The number of aryl methyl sites for hydroxylation is 1. The molecule has 26 heavy (non-hydrogen) atoms. The lowest BCUT2D eigenvalue weighted by molar-refractivity contribution is 0.259. The Labute approximate surface area is 155 Å². The van der Waals surface area contributed by atoms with E-state index < -0.39 is 6.03 Å². The minimum atomic E-state index is -0.741. The van der Waals surface area contributed by atoms with Gasteiger partial charge in [-0.25, -0.2) is 14.8 Å². The van der Waals surface area contributed by atoms with Crippen molar-refractivity contribution in [1.82, 2.24) is 9.97 Å². The summed E-state index contributed by atoms with van der Waals surface area (Å²) >= 11 is 6.39. The number of amides is 2. The van der Waals surface area contributed by atoms with Gasteiger partial charge >= 0.3 is 6.03 Å². The van der Waals surface area contributed by atoms with Crippen LogP contribution in [0.4, 0.5) is 10.7 Å². The zero-order chi connectivity index (χ0) is 18.7.